The van der Waals surface area contributed by atoms with E-state index in [1.54, 1.807) is 4.68 Å². The number of carbonyl (C=O) groups is 1. The molecule has 0 aliphatic carbocycles. The Morgan fingerprint density at radius 2 is 2.18 bits per heavy atom. The lowest BCUT2D eigenvalue weighted by atomic mass is 9.97. The molecule has 120 valence electrons. The number of pyridine rings is 1. The minimum absolute atomic E-state index is 0.350. The molecule has 22 heavy (non-hydrogen) atoms. The number of nitrogens with one attached hydrogen (secondary N) is 1. The topological polar surface area (TPSA) is 80.0 Å². The van der Waals surface area contributed by atoms with Crippen molar-refractivity contribution < 1.29 is 9.90 Å². The smallest absolute Gasteiger partial charge is 0.307 e. The van der Waals surface area contributed by atoms with Gasteiger partial charge in [0.05, 0.1) is 11.6 Å². The fourth-order valence-electron chi connectivity index (χ4n) is 2.68. The molecule has 0 aliphatic rings. The van der Waals surface area contributed by atoms with Crippen LogP contribution in [0.1, 0.15) is 31.5 Å². The van der Waals surface area contributed by atoms with Gasteiger partial charge in [-0.15, -0.1) is 0 Å². The highest BCUT2D eigenvalue weighted by atomic mass is 16.4. The van der Waals surface area contributed by atoms with Gasteiger partial charge >= 0.3 is 5.97 Å². The van der Waals surface area contributed by atoms with Gasteiger partial charge in [-0.1, -0.05) is 13.8 Å². The molecule has 0 saturated carbocycles. The standard InChI is InChI=1S/C16H24N4O2/c1-10(2)5-13(16(21)22)9-17-7-12-6-14-11(3)19-20(4)15(14)18-8-12/h6,8,10,13,17H,5,7,9H2,1-4H3,(H,21,22). The predicted octanol–water partition coefficient (Wildman–Crippen LogP) is 2.11. The molecular weight excluding hydrogens is 280 g/mol. The van der Waals surface area contributed by atoms with Crippen LogP contribution in [0.4, 0.5) is 0 Å². The summed E-state index contributed by atoms with van der Waals surface area (Å²) in [5.74, 6) is -0.714. The number of carboxylic acids is 1. The summed E-state index contributed by atoms with van der Waals surface area (Å²) in [5, 5.41) is 17.9. The quantitative estimate of drug-likeness (QED) is 0.819. The second kappa shape index (κ2) is 6.87. The third-order valence-corrected chi connectivity index (χ3v) is 3.74. The molecule has 6 heteroatoms. The Labute approximate surface area is 130 Å². The summed E-state index contributed by atoms with van der Waals surface area (Å²) < 4.78 is 1.77. The van der Waals surface area contributed by atoms with Crippen molar-refractivity contribution >= 4 is 17.0 Å². The molecular formula is C16H24N4O2. The normalized spacial score (nSPS) is 13.0. The van der Waals surface area contributed by atoms with Gasteiger partial charge in [0.15, 0.2) is 5.65 Å². The Hall–Kier alpha value is -1.95. The van der Waals surface area contributed by atoms with E-state index in [1.807, 2.05) is 34.0 Å². The summed E-state index contributed by atoms with van der Waals surface area (Å²) in [4.78, 5) is 15.7. The van der Waals surface area contributed by atoms with Crippen LogP contribution in [0.3, 0.4) is 0 Å². The third-order valence-electron chi connectivity index (χ3n) is 3.74. The maximum Gasteiger partial charge on any atom is 0.307 e. The van der Waals surface area contributed by atoms with Crippen LogP contribution < -0.4 is 5.32 Å². The summed E-state index contributed by atoms with van der Waals surface area (Å²) >= 11 is 0. The van der Waals surface area contributed by atoms with E-state index in [-0.39, 0.29) is 5.92 Å². The fraction of sp³-hybridized carbons (Fsp3) is 0.562. The van der Waals surface area contributed by atoms with E-state index >= 15 is 0 Å². The van der Waals surface area contributed by atoms with E-state index in [2.05, 4.69) is 21.5 Å². The molecule has 2 heterocycles. The van der Waals surface area contributed by atoms with Crippen LogP contribution in [-0.2, 0) is 18.4 Å². The molecule has 2 rings (SSSR count). The number of nitrogens with zero attached hydrogens (tertiary/aromatic N) is 3. The first-order valence-corrected chi connectivity index (χ1v) is 7.60. The number of carboxylic acid groups (broad SMARTS) is 1. The summed E-state index contributed by atoms with van der Waals surface area (Å²) in [7, 11) is 1.88. The summed E-state index contributed by atoms with van der Waals surface area (Å²) in [6.45, 7) is 7.12. The van der Waals surface area contributed by atoms with E-state index in [1.165, 1.54) is 0 Å². The molecule has 0 amide bonds. The second-order valence-electron chi connectivity index (χ2n) is 6.22. The largest absolute Gasteiger partial charge is 0.481 e. The van der Waals surface area contributed by atoms with Crippen LogP contribution in [0.15, 0.2) is 12.3 Å². The van der Waals surface area contributed by atoms with Gasteiger partial charge < -0.3 is 10.4 Å². The summed E-state index contributed by atoms with van der Waals surface area (Å²) in [6.07, 6.45) is 2.50. The van der Waals surface area contributed by atoms with Crippen molar-refractivity contribution in [3.8, 4) is 0 Å². The molecule has 0 fully saturated rings. The van der Waals surface area contributed by atoms with Gasteiger partial charge in [-0.2, -0.15) is 5.10 Å². The van der Waals surface area contributed by atoms with E-state index in [0.29, 0.717) is 25.4 Å². The van der Waals surface area contributed by atoms with Crippen molar-refractivity contribution in [3.05, 3.63) is 23.5 Å². The monoisotopic (exact) mass is 304 g/mol. The zero-order valence-corrected chi connectivity index (χ0v) is 13.6. The van der Waals surface area contributed by atoms with E-state index in [0.717, 1.165) is 22.3 Å². The summed E-state index contributed by atoms with van der Waals surface area (Å²) in [6, 6.07) is 2.07. The molecule has 0 radical (unpaired) electrons. The Kier molecular flexibility index (Phi) is 5.13. The molecule has 0 aromatic carbocycles. The van der Waals surface area contributed by atoms with Crippen molar-refractivity contribution in [2.24, 2.45) is 18.9 Å². The number of hydrogen-bond acceptors (Lipinski definition) is 4. The Morgan fingerprint density at radius 1 is 1.45 bits per heavy atom. The van der Waals surface area contributed by atoms with Crippen LogP contribution in [0.2, 0.25) is 0 Å². The maximum atomic E-state index is 11.2. The van der Waals surface area contributed by atoms with Gasteiger partial charge in [0.2, 0.25) is 0 Å². The summed E-state index contributed by atoms with van der Waals surface area (Å²) in [5.41, 5.74) is 2.86. The van der Waals surface area contributed by atoms with E-state index in [4.69, 9.17) is 0 Å². The molecule has 0 spiro atoms. The molecule has 2 aromatic rings. The number of aromatic nitrogens is 3. The highest BCUT2D eigenvalue weighted by molar-refractivity contribution is 5.78. The molecule has 6 nitrogen and oxygen atoms in total. The Balaban J connectivity index is 1.99. The second-order valence-corrected chi connectivity index (χ2v) is 6.22. The molecule has 1 unspecified atom stereocenters. The zero-order valence-electron chi connectivity index (χ0n) is 13.6. The first-order valence-electron chi connectivity index (χ1n) is 7.60. The first-order chi connectivity index (χ1) is 10.4. The third kappa shape index (κ3) is 3.82. The van der Waals surface area contributed by atoms with Gasteiger partial charge in [0, 0.05) is 31.7 Å². The van der Waals surface area contributed by atoms with E-state index < -0.39 is 5.97 Å². The van der Waals surface area contributed by atoms with Crippen molar-refractivity contribution in [1.82, 2.24) is 20.1 Å². The van der Waals surface area contributed by atoms with Crippen molar-refractivity contribution in [3.63, 3.8) is 0 Å². The van der Waals surface area contributed by atoms with Crippen LogP contribution in [0.5, 0.6) is 0 Å². The lowest BCUT2D eigenvalue weighted by Crippen LogP contribution is -2.29. The van der Waals surface area contributed by atoms with Gasteiger partial charge in [-0.25, -0.2) is 4.98 Å². The minimum atomic E-state index is -0.738. The van der Waals surface area contributed by atoms with Crippen LogP contribution in [0, 0.1) is 18.8 Å². The lowest BCUT2D eigenvalue weighted by molar-refractivity contribution is -0.142. The van der Waals surface area contributed by atoms with Gasteiger partial charge in [0.1, 0.15) is 0 Å². The molecule has 0 saturated heterocycles. The highest BCUT2D eigenvalue weighted by Crippen LogP contribution is 2.16. The Bertz CT molecular complexity index is 663. The number of aliphatic carboxylic acids is 1. The Morgan fingerprint density at radius 3 is 2.82 bits per heavy atom. The van der Waals surface area contributed by atoms with Crippen molar-refractivity contribution in [2.45, 2.75) is 33.7 Å². The highest BCUT2D eigenvalue weighted by Gasteiger charge is 2.18. The average Bonchev–Trinajstić information content (AvgIpc) is 2.72. The van der Waals surface area contributed by atoms with Gasteiger partial charge in [0.25, 0.3) is 0 Å². The van der Waals surface area contributed by atoms with Gasteiger partial charge in [-0.3, -0.25) is 9.48 Å². The molecule has 2 N–H and O–H groups in total. The van der Waals surface area contributed by atoms with Crippen LogP contribution >= 0.6 is 0 Å². The molecule has 2 aromatic heterocycles. The average molecular weight is 304 g/mol. The maximum absolute atomic E-state index is 11.2. The lowest BCUT2D eigenvalue weighted by Gasteiger charge is -2.15. The zero-order chi connectivity index (χ0) is 16.3. The fourth-order valence-corrected chi connectivity index (χ4v) is 2.68. The van der Waals surface area contributed by atoms with E-state index in [9.17, 15) is 9.90 Å². The SMILES string of the molecule is Cc1nn(C)c2ncc(CNCC(CC(C)C)C(=O)O)cc12. The molecule has 1 atom stereocenters. The minimum Gasteiger partial charge on any atom is -0.481 e. The molecule has 0 aliphatic heterocycles. The molecule has 0 bridgehead atoms. The van der Waals surface area contributed by atoms with Crippen molar-refractivity contribution in [2.75, 3.05) is 6.54 Å². The van der Waals surface area contributed by atoms with Crippen LogP contribution in [0.25, 0.3) is 11.0 Å². The van der Waals surface area contributed by atoms with Gasteiger partial charge in [-0.05, 0) is 30.9 Å². The number of hydrogen-bond donors (Lipinski definition) is 2. The number of fused-ring (bicyclic) bond motifs is 1. The van der Waals surface area contributed by atoms with Crippen LogP contribution in [-0.4, -0.2) is 32.4 Å². The number of rotatable bonds is 7. The first kappa shape index (κ1) is 16.4. The van der Waals surface area contributed by atoms with Crippen molar-refractivity contribution in [1.29, 1.82) is 0 Å². The predicted molar refractivity (Wildman–Crippen MR) is 85.5 cm³/mol. The number of aryl methyl sites for hydroxylation is 2.